The molecular weight excluding hydrogens is 319 g/mol. The molecule has 126 valence electrons. The minimum Gasteiger partial charge on any atom is -0.490 e. The van der Waals surface area contributed by atoms with Gasteiger partial charge in [0.25, 0.3) is 5.91 Å². The summed E-state index contributed by atoms with van der Waals surface area (Å²) in [5, 5.41) is 2.78. The predicted octanol–water partition coefficient (Wildman–Crippen LogP) is 3.70. The fraction of sp³-hybridized carbons (Fsp3) is 0.100. The van der Waals surface area contributed by atoms with Crippen molar-refractivity contribution in [2.24, 2.45) is 0 Å². The number of benzene rings is 2. The summed E-state index contributed by atoms with van der Waals surface area (Å²) in [5.41, 5.74) is 1.60. The van der Waals surface area contributed by atoms with Crippen LogP contribution in [-0.2, 0) is 0 Å². The van der Waals surface area contributed by atoms with E-state index in [1.165, 1.54) is 6.07 Å². The fourth-order valence-corrected chi connectivity index (χ4v) is 2.32. The SMILES string of the molecule is O=C(NCCOc1ccc(-c2ccccc2F)nc1)c1ccccc1. The van der Waals surface area contributed by atoms with E-state index in [1.807, 2.05) is 18.2 Å². The molecule has 0 aliphatic rings. The molecular formula is C20H17FN2O2. The van der Waals surface area contributed by atoms with Crippen LogP contribution in [-0.4, -0.2) is 24.0 Å². The Hall–Kier alpha value is -3.21. The summed E-state index contributed by atoms with van der Waals surface area (Å²) >= 11 is 0. The topological polar surface area (TPSA) is 51.2 Å². The summed E-state index contributed by atoms with van der Waals surface area (Å²) in [4.78, 5) is 16.1. The zero-order valence-electron chi connectivity index (χ0n) is 13.5. The van der Waals surface area contributed by atoms with Gasteiger partial charge < -0.3 is 10.1 Å². The van der Waals surface area contributed by atoms with Gasteiger partial charge in [0.1, 0.15) is 18.2 Å². The van der Waals surface area contributed by atoms with Gasteiger partial charge in [0, 0.05) is 11.1 Å². The van der Waals surface area contributed by atoms with Crippen molar-refractivity contribution < 1.29 is 13.9 Å². The Morgan fingerprint density at radius 1 is 1.00 bits per heavy atom. The fourth-order valence-electron chi connectivity index (χ4n) is 2.32. The van der Waals surface area contributed by atoms with Crippen LogP contribution in [0.3, 0.4) is 0 Å². The molecule has 1 aromatic heterocycles. The smallest absolute Gasteiger partial charge is 0.251 e. The highest BCUT2D eigenvalue weighted by molar-refractivity contribution is 5.94. The van der Waals surface area contributed by atoms with Crippen LogP contribution in [0.2, 0.25) is 0 Å². The van der Waals surface area contributed by atoms with Crippen molar-refractivity contribution in [3.63, 3.8) is 0 Å². The average Bonchev–Trinajstić information content (AvgIpc) is 2.67. The van der Waals surface area contributed by atoms with Crippen molar-refractivity contribution in [2.75, 3.05) is 13.2 Å². The number of nitrogens with zero attached hydrogens (tertiary/aromatic N) is 1. The third kappa shape index (κ3) is 4.41. The van der Waals surface area contributed by atoms with Gasteiger partial charge in [-0.1, -0.05) is 30.3 Å². The van der Waals surface area contributed by atoms with Crippen molar-refractivity contribution in [3.05, 3.63) is 84.3 Å². The van der Waals surface area contributed by atoms with Gasteiger partial charge in [0.05, 0.1) is 18.4 Å². The van der Waals surface area contributed by atoms with Crippen LogP contribution in [0.1, 0.15) is 10.4 Å². The molecule has 5 heteroatoms. The molecule has 0 atom stereocenters. The van der Waals surface area contributed by atoms with Crippen molar-refractivity contribution in [1.29, 1.82) is 0 Å². The number of carbonyl (C=O) groups is 1. The van der Waals surface area contributed by atoms with E-state index in [2.05, 4.69) is 10.3 Å². The Morgan fingerprint density at radius 3 is 2.48 bits per heavy atom. The summed E-state index contributed by atoms with van der Waals surface area (Å²) in [6.45, 7) is 0.697. The Morgan fingerprint density at radius 2 is 1.76 bits per heavy atom. The van der Waals surface area contributed by atoms with Gasteiger partial charge in [0.15, 0.2) is 0 Å². The Balaban J connectivity index is 1.49. The Labute approximate surface area is 145 Å². The molecule has 0 aliphatic carbocycles. The lowest BCUT2D eigenvalue weighted by Gasteiger charge is -2.08. The van der Waals surface area contributed by atoms with Crippen molar-refractivity contribution in [2.45, 2.75) is 0 Å². The van der Waals surface area contributed by atoms with Gasteiger partial charge in [-0.2, -0.15) is 0 Å². The van der Waals surface area contributed by atoms with Gasteiger partial charge in [-0.15, -0.1) is 0 Å². The number of hydrogen-bond acceptors (Lipinski definition) is 3. The molecule has 0 spiro atoms. The number of amides is 1. The second-order valence-electron chi connectivity index (χ2n) is 5.33. The molecule has 3 aromatic rings. The molecule has 0 saturated heterocycles. The van der Waals surface area contributed by atoms with Crippen LogP contribution in [0.25, 0.3) is 11.3 Å². The molecule has 0 unspecified atom stereocenters. The predicted molar refractivity (Wildman–Crippen MR) is 93.9 cm³/mol. The maximum atomic E-state index is 13.7. The van der Waals surface area contributed by atoms with E-state index >= 15 is 0 Å². The van der Waals surface area contributed by atoms with Crippen molar-refractivity contribution in [3.8, 4) is 17.0 Å². The van der Waals surface area contributed by atoms with E-state index in [0.717, 1.165) is 0 Å². The molecule has 3 rings (SSSR count). The molecule has 25 heavy (non-hydrogen) atoms. The average molecular weight is 336 g/mol. The number of ether oxygens (including phenoxy) is 1. The number of aromatic nitrogens is 1. The summed E-state index contributed by atoms with van der Waals surface area (Å²) in [6, 6.07) is 18.9. The Kier molecular flexibility index (Phi) is 5.36. The minimum absolute atomic E-state index is 0.141. The second-order valence-corrected chi connectivity index (χ2v) is 5.33. The Bertz CT molecular complexity index is 836. The molecule has 0 saturated carbocycles. The molecule has 0 aliphatic heterocycles. The molecule has 1 heterocycles. The van der Waals surface area contributed by atoms with E-state index in [-0.39, 0.29) is 11.7 Å². The van der Waals surface area contributed by atoms with E-state index in [9.17, 15) is 9.18 Å². The molecule has 4 nitrogen and oxygen atoms in total. The van der Waals surface area contributed by atoms with Crippen LogP contribution in [0, 0.1) is 5.82 Å². The van der Waals surface area contributed by atoms with Crippen LogP contribution in [0.5, 0.6) is 5.75 Å². The molecule has 2 aromatic carbocycles. The normalized spacial score (nSPS) is 10.3. The second kappa shape index (κ2) is 8.06. The number of pyridine rings is 1. The molecule has 1 amide bonds. The minimum atomic E-state index is -0.313. The van der Waals surface area contributed by atoms with Gasteiger partial charge >= 0.3 is 0 Å². The van der Waals surface area contributed by atoms with E-state index in [0.29, 0.717) is 35.7 Å². The molecule has 0 radical (unpaired) electrons. The van der Waals surface area contributed by atoms with Crippen molar-refractivity contribution in [1.82, 2.24) is 10.3 Å². The highest BCUT2D eigenvalue weighted by Crippen LogP contribution is 2.22. The third-order valence-corrected chi connectivity index (χ3v) is 3.58. The van der Waals surface area contributed by atoms with Crippen LogP contribution in [0.4, 0.5) is 4.39 Å². The zero-order valence-corrected chi connectivity index (χ0v) is 13.5. The summed E-state index contributed by atoms with van der Waals surface area (Å²) in [6.07, 6.45) is 1.54. The monoisotopic (exact) mass is 336 g/mol. The first kappa shape index (κ1) is 16.6. The zero-order chi connectivity index (χ0) is 17.5. The van der Waals surface area contributed by atoms with Crippen LogP contribution >= 0.6 is 0 Å². The first-order valence-electron chi connectivity index (χ1n) is 7.91. The largest absolute Gasteiger partial charge is 0.490 e. The highest BCUT2D eigenvalue weighted by atomic mass is 19.1. The van der Waals surface area contributed by atoms with Gasteiger partial charge in [-0.3, -0.25) is 9.78 Å². The quantitative estimate of drug-likeness (QED) is 0.698. The summed E-state index contributed by atoms with van der Waals surface area (Å²) in [7, 11) is 0. The first-order chi connectivity index (χ1) is 12.2. The summed E-state index contributed by atoms with van der Waals surface area (Å²) < 4.78 is 19.3. The number of rotatable bonds is 6. The van der Waals surface area contributed by atoms with E-state index < -0.39 is 0 Å². The first-order valence-corrected chi connectivity index (χ1v) is 7.91. The molecule has 1 N–H and O–H groups in total. The van der Waals surface area contributed by atoms with Gasteiger partial charge in [-0.05, 0) is 36.4 Å². The lowest BCUT2D eigenvalue weighted by Crippen LogP contribution is -2.28. The number of hydrogen-bond donors (Lipinski definition) is 1. The van der Waals surface area contributed by atoms with Crippen LogP contribution < -0.4 is 10.1 Å². The van der Waals surface area contributed by atoms with Gasteiger partial charge in [0.2, 0.25) is 0 Å². The number of nitrogens with one attached hydrogen (secondary N) is 1. The number of halogens is 1. The third-order valence-electron chi connectivity index (χ3n) is 3.58. The number of carbonyl (C=O) groups excluding carboxylic acids is 1. The maximum Gasteiger partial charge on any atom is 0.251 e. The summed E-state index contributed by atoms with van der Waals surface area (Å²) in [5.74, 6) is 0.110. The maximum absolute atomic E-state index is 13.7. The van der Waals surface area contributed by atoms with Crippen LogP contribution in [0.15, 0.2) is 72.9 Å². The standard InChI is InChI=1S/C20H17FN2O2/c21-18-9-5-4-8-17(18)19-11-10-16(14-23-19)25-13-12-22-20(24)15-6-2-1-3-7-15/h1-11,14H,12-13H2,(H,22,24). The van der Waals surface area contributed by atoms with Gasteiger partial charge in [-0.25, -0.2) is 4.39 Å². The highest BCUT2D eigenvalue weighted by Gasteiger charge is 2.06. The van der Waals surface area contributed by atoms with Crippen molar-refractivity contribution >= 4 is 5.91 Å². The molecule has 0 bridgehead atoms. The lowest BCUT2D eigenvalue weighted by molar-refractivity contribution is 0.0947. The molecule has 0 fully saturated rings. The lowest BCUT2D eigenvalue weighted by atomic mass is 10.1. The van der Waals surface area contributed by atoms with E-state index in [4.69, 9.17) is 4.74 Å². The van der Waals surface area contributed by atoms with E-state index in [1.54, 1.807) is 48.7 Å².